The Hall–Kier alpha value is -0.900. The minimum absolute atomic E-state index is 0.434. The average molecular weight is 249 g/mol. The molecule has 4 nitrogen and oxygen atoms in total. The molecule has 1 aliphatic carbocycles. The molecule has 2 heterocycles. The summed E-state index contributed by atoms with van der Waals surface area (Å²) in [5.74, 6) is 3.67. The van der Waals surface area contributed by atoms with E-state index >= 15 is 0 Å². The van der Waals surface area contributed by atoms with Gasteiger partial charge in [-0.05, 0) is 44.6 Å². The van der Waals surface area contributed by atoms with E-state index in [0.29, 0.717) is 11.8 Å². The van der Waals surface area contributed by atoms with Gasteiger partial charge in [-0.1, -0.05) is 18.5 Å². The highest BCUT2D eigenvalue weighted by Gasteiger charge is 2.29. The maximum absolute atomic E-state index is 5.48. The molecule has 18 heavy (non-hydrogen) atoms. The van der Waals surface area contributed by atoms with E-state index in [1.165, 1.54) is 38.5 Å². The van der Waals surface area contributed by atoms with Crippen molar-refractivity contribution in [3.8, 4) is 0 Å². The molecule has 2 fully saturated rings. The van der Waals surface area contributed by atoms with Crippen molar-refractivity contribution in [2.75, 3.05) is 13.1 Å². The second kappa shape index (κ2) is 5.39. The van der Waals surface area contributed by atoms with Crippen LogP contribution < -0.4 is 5.32 Å². The molecule has 0 spiro atoms. The highest BCUT2D eigenvalue weighted by molar-refractivity contribution is 5.03. The summed E-state index contributed by atoms with van der Waals surface area (Å²) in [5, 5.41) is 7.63. The van der Waals surface area contributed by atoms with E-state index in [-0.39, 0.29) is 0 Å². The van der Waals surface area contributed by atoms with Crippen molar-refractivity contribution in [3.63, 3.8) is 0 Å². The smallest absolute Gasteiger partial charge is 0.231 e. The van der Waals surface area contributed by atoms with Crippen molar-refractivity contribution < 1.29 is 4.52 Å². The molecule has 0 aromatic carbocycles. The van der Waals surface area contributed by atoms with Gasteiger partial charge in [-0.2, -0.15) is 4.98 Å². The molecule has 4 heteroatoms. The highest BCUT2D eigenvalue weighted by Crippen LogP contribution is 2.38. The largest absolute Gasteiger partial charge is 0.339 e. The van der Waals surface area contributed by atoms with Gasteiger partial charge in [0.2, 0.25) is 5.89 Å². The first kappa shape index (κ1) is 12.2. The van der Waals surface area contributed by atoms with Crippen LogP contribution in [-0.2, 0) is 0 Å². The standard InChI is InChI=1S/C14H23N3O/c1-2-10-5-6-11(8-10)13-16-14(18-17-13)12-4-3-7-15-9-12/h10-12,15H,2-9H2,1H3. The van der Waals surface area contributed by atoms with Gasteiger partial charge in [0, 0.05) is 12.5 Å². The first-order chi connectivity index (χ1) is 8.86. The first-order valence-electron chi connectivity index (χ1n) is 7.41. The van der Waals surface area contributed by atoms with E-state index in [1.807, 2.05) is 0 Å². The molecule has 3 atom stereocenters. The van der Waals surface area contributed by atoms with Crippen molar-refractivity contribution in [3.05, 3.63) is 11.7 Å². The van der Waals surface area contributed by atoms with Crippen molar-refractivity contribution in [2.24, 2.45) is 5.92 Å². The van der Waals surface area contributed by atoms with Crippen molar-refractivity contribution in [1.82, 2.24) is 15.5 Å². The molecule has 0 amide bonds. The van der Waals surface area contributed by atoms with Gasteiger partial charge in [-0.3, -0.25) is 0 Å². The monoisotopic (exact) mass is 249 g/mol. The Kier molecular flexibility index (Phi) is 3.64. The summed E-state index contributed by atoms with van der Waals surface area (Å²) in [7, 11) is 0. The minimum atomic E-state index is 0.434. The van der Waals surface area contributed by atoms with Crippen LogP contribution in [0.25, 0.3) is 0 Å². The van der Waals surface area contributed by atoms with E-state index in [9.17, 15) is 0 Å². The molecule has 3 unspecified atom stereocenters. The van der Waals surface area contributed by atoms with Gasteiger partial charge in [0.05, 0.1) is 5.92 Å². The number of piperidine rings is 1. The summed E-state index contributed by atoms with van der Waals surface area (Å²) >= 11 is 0. The highest BCUT2D eigenvalue weighted by atomic mass is 16.5. The normalized spacial score (nSPS) is 32.8. The molecule has 1 aromatic heterocycles. The van der Waals surface area contributed by atoms with E-state index < -0.39 is 0 Å². The average Bonchev–Trinajstić information content (AvgIpc) is 3.08. The fourth-order valence-electron chi connectivity index (χ4n) is 3.32. The first-order valence-corrected chi connectivity index (χ1v) is 7.41. The lowest BCUT2D eigenvalue weighted by atomic mass is 9.99. The molecule has 2 aliphatic rings. The van der Waals surface area contributed by atoms with E-state index in [2.05, 4.69) is 22.4 Å². The second-order valence-corrected chi connectivity index (χ2v) is 5.82. The Morgan fingerprint density at radius 2 is 2.22 bits per heavy atom. The molecule has 1 aliphatic heterocycles. The lowest BCUT2D eigenvalue weighted by Gasteiger charge is -2.18. The van der Waals surface area contributed by atoms with Crippen LogP contribution in [0.1, 0.15) is 69.0 Å². The molecule has 0 radical (unpaired) electrons. The molecule has 100 valence electrons. The summed E-state index contributed by atoms with van der Waals surface area (Å²) in [5.41, 5.74) is 0. The second-order valence-electron chi connectivity index (χ2n) is 5.82. The molecule has 0 bridgehead atoms. The zero-order valence-corrected chi connectivity index (χ0v) is 11.2. The molecule has 1 N–H and O–H groups in total. The van der Waals surface area contributed by atoms with Crippen LogP contribution in [0, 0.1) is 5.92 Å². The van der Waals surface area contributed by atoms with Gasteiger partial charge in [0.15, 0.2) is 5.82 Å². The SMILES string of the molecule is CCC1CCC(c2noc(C3CCCNC3)n2)C1. The van der Waals surface area contributed by atoms with Crippen molar-refractivity contribution in [2.45, 2.75) is 57.3 Å². The number of hydrogen-bond donors (Lipinski definition) is 1. The van der Waals surface area contributed by atoms with E-state index in [4.69, 9.17) is 4.52 Å². The lowest BCUT2D eigenvalue weighted by Crippen LogP contribution is -2.28. The van der Waals surface area contributed by atoms with Gasteiger partial charge < -0.3 is 9.84 Å². The number of nitrogens with one attached hydrogen (secondary N) is 1. The number of hydrogen-bond acceptors (Lipinski definition) is 4. The number of rotatable bonds is 3. The Morgan fingerprint density at radius 3 is 2.94 bits per heavy atom. The third kappa shape index (κ3) is 2.44. The molecular weight excluding hydrogens is 226 g/mol. The maximum Gasteiger partial charge on any atom is 0.231 e. The zero-order chi connectivity index (χ0) is 12.4. The van der Waals surface area contributed by atoms with Crippen LogP contribution in [0.5, 0.6) is 0 Å². The van der Waals surface area contributed by atoms with Crippen LogP contribution in [-0.4, -0.2) is 23.2 Å². The summed E-state index contributed by atoms with van der Waals surface area (Å²) in [4.78, 5) is 4.67. The Balaban J connectivity index is 1.66. The van der Waals surface area contributed by atoms with Crippen LogP contribution >= 0.6 is 0 Å². The quantitative estimate of drug-likeness (QED) is 0.895. The van der Waals surface area contributed by atoms with E-state index in [1.54, 1.807) is 0 Å². The topological polar surface area (TPSA) is 51.0 Å². The maximum atomic E-state index is 5.48. The van der Waals surface area contributed by atoms with Gasteiger partial charge in [-0.15, -0.1) is 0 Å². The van der Waals surface area contributed by atoms with Gasteiger partial charge in [0.1, 0.15) is 0 Å². The van der Waals surface area contributed by atoms with Gasteiger partial charge >= 0.3 is 0 Å². The lowest BCUT2D eigenvalue weighted by molar-refractivity contribution is 0.318. The predicted molar refractivity (Wildman–Crippen MR) is 69.5 cm³/mol. The third-order valence-corrected chi connectivity index (χ3v) is 4.59. The van der Waals surface area contributed by atoms with Crippen molar-refractivity contribution >= 4 is 0 Å². The number of aromatic nitrogens is 2. The third-order valence-electron chi connectivity index (χ3n) is 4.59. The Bertz CT molecular complexity index is 384. The van der Waals surface area contributed by atoms with Gasteiger partial charge in [0.25, 0.3) is 0 Å². The molecule has 1 saturated heterocycles. The summed E-state index contributed by atoms with van der Waals surface area (Å²) in [6.45, 7) is 4.39. The number of nitrogens with zero attached hydrogens (tertiary/aromatic N) is 2. The van der Waals surface area contributed by atoms with E-state index in [0.717, 1.165) is 30.7 Å². The summed E-state index contributed by atoms with van der Waals surface area (Å²) in [6.07, 6.45) is 7.49. The Labute approximate surface area is 109 Å². The summed E-state index contributed by atoms with van der Waals surface area (Å²) < 4.78 is 5.48. The van der Waals surface area contributed by atoms with Crippen LogP contribution in [0.3, 0.4) is 0 Å². The molecule has 3 rings (SSSR count). The van der Waals surface area contributed by atoms with Crippen molar-refractivity contribution in [1.29, 1.82) is 0 Å². The predicted octanol–water partition coefficient (Wildman–Crippen LogP) is 2.83. The fraction of sp³-hybridized carbons (Fsp3) is 0.857. The van der Waals surface area contributed by atoms with Gasteiger partial charge in [-0.25, -0.2) is 0 Å². The van der Waals surface area contributed by atoms with Crippen LogP contribution in [0.4, 0.5) is 0 Å². The Morgan fingerprint density at radius 1 is 1.28 bits per heavy atom. The molecule has 1 aromatic rings. The van der Waals surface area contributed by atoms with Crippen LogP contribution in [0.2, 0.25) is 0 Å². The zero-order valence-electron chi connectivity index (χ0n) is 11.2. The van der Waals surface area contributed by atoms with Crippen LogP contribution in [0.15, 0.2) is 4.52 Å². The minimum Gasteiger partial charge on any atom is -0.339 e. The summed E-state index contributed by atoms with van der Waals surface area (Å²) in [6, 6.07) is 0. The molecule has 1 saturated carbocycles. The fourth-order valence-corrected chi connectivity index (χ4v) is 3.32. The molecular formula is C14H23N3O.